The summed E-state index contributed by atoms with van der Waals surface area (Å²) in [5.74, 6) is 0.609. The van der Waals surface area contributed by atoms with Gasteiger partial charge in [0.25, 0.3) is 0 Å². The van der Waals surface area contributed by atoms with E-state index in [1.165, 1.54) is 12.5 Å². The Bertz CT molecular complexity index is 486. The molecule has 114 valence electrons. The summed E-state index contributed by atoms with van der Waals surface area (Å²) in [7, 11) is 0. The van der Waals surface area contributed by atoms with Crippen LogP contribution in [0.4, 0.5) is 4.39 Å². The maximum Gasteiger partial charge on any atom is 0.222 e. The number of carbonyl (C=O) groups excluding carboxylic acids is 1. The summed E-state index contributed by atoms with van der Waals surface area (Å²) < 4.78 is 13.2. The first-order valence-electron chi connectivity index (χ1n) is 7.82. The van der Waals surface area contributed by atoms with Crippen LogP contribution in [0.1, 0.15) is 37.7 Å². The van der Waals surface area contributed by atoms with Gasteiger partial charge in [0.05, 0.1) is 0 Å². The van der Waals surface area contributed by atoms with Crippen molar-refractivity contribution in [1.29, 1.82) is 0 Å². The van der Waals surface area contributed by atoms with E-state index in [4.69, 9.17) is 0 Å². The van der Waals surface area contributed by atoms with Crippen molar-refractivity contribution in [2.75, 3.05) is 13.1 Å². The van der Waals surface area contributed by atoms with Gasteiger partial charge in [0.15, 0.2) is 0 Å². The highest BCUT2D eigenvalue weighted by molar-refractivity contribution is 5.76. The van der Waals surface area contributed by atoms with Crippen LogP contribution >= 0.6 is 0 Å². The molecule has 1 heterocycles. The molecule has 1 amide bonds. The van der Waals surface area contributed by atoms with E-state index in [0.717, 1.165) is 44.3 Å². The van der Waals surface area contributed by atoms with Crippen LogP contribution in [0.15, 0.2) is 36.9 Å². The van der Waals surface area contributed by atoms with Gasteiger partial charge >= 0.3 is 0 Å². The summed E-state index contributed by atoms with van der Waals surface area (Å²) in [4.78, 5) is 14.0. The Kier molecular flexibility index (Phi) is 5.97. The Morgan fingerprint density at radius 3 is 3.10 bits per heavy atom. The number of carbonyl (C=O) groups is 1. The molecule has 3 heteroatoms. The molecule has 2 nitrogen and oxygen atoms in total. The van der Waals surface area contributed by atoms with Crippen molar-refractivity contribution < 1.29 is 9.18 Å². The van der Waals surface area contributed by atoms with Crippen molar-refractivity contribution in [3.63, 3.8) is 0 Å². The molecule has 0 aliphatic carbocycles. The second-order valence-corrected chi connectivity index (χ2v) is 5.84. The van der Waals surface area contributed by atoms with Crippen LogP contribution in [-0.4, -0.2) is 23.9 Å². The lowest BCUT2D eigenvalue weighted by Gasteiger charge is -2.33. The van der Waals surface area contributed by atoms with Gasteiger partial charge in [-0.25, -0.2) is 4.39 Å². The van der Waals surface area contributed by atoms with Gasteiger partial charge in [0, 0.05) is 19.5 Å². The molecule has 0 radical (unpaired) electrons. The van der Waals surface area contributed by atoms with E-state index in [9.17, 15) is 9.18 Å². The molecule has 0 N–H and O–H groups in total. The summed E-state index contributed by atoms with van der Waals surface area (Å²) in [6, 6.07) is 6.81. The van der Waals surface area contributed by atoms with Gasteiger partial charge in [-0.3, -0.25) is 4.79 Å². The lowest BCUT2D eigenvalue weighted by molar-refractivity contribution is -0.132. The Labute approximate surface area is 126 Å². The number of benzene rings is 1. The van der Waals surface area contributed by atoms with Gasteiger partial charge in [-0.1, -0.05) is 18.2 Å². The van der Waals surface area contributed by atoms with Gasteiger partial charge in [-0.15, -0.1) is 6.58 Å². The molecule has 21 heavy (non-hydrogen) atoms. The predicted molar refractivity (Wildman–Crippen MR) is 83.5 cm³/mol. The molecule has 0 spiro atoms. The van der Waals surface area contributed by atoms with E-state index < -0.39 is 0 Å². The normalized spacial score (nSPS) is 18.5. The Hall–Kier alpha value is -1.64. The molecular formula is C18H24FNO. The number of rotatable bonds is 6. The molecular weight excluding hydrogens is 265 g/mol. The standard InChI is InChI=1S/C18H24FNO/c1-2-3-9-18(21)20-12-5-7-16(14-20)11-10-15-6-4-8-17(19)13-15/h2,4,6,8,13,16H,1,3,5,7,9-12,14H2/t16-/m1/s1. The molecule has 0 saturated carbocycles. The van der Waals surface area contributed by atoms with Crippen molar-refractivity contribution in [3.8, 4) is 0 Å². The third-order valence-electron chi connectivity index (χ3n) is 4.16. The topological polar surface area (TPSA) is 20.3 Å². The number of hydrogen-bond acceptors (Lipinski definition) is 1. The number of halogens is 1. The molecule has 1 fully saturated rings. The van der Waals surface area contributed by atoms with Crippen LogP contribution in [0, 0.1) is 11.7 Å². The maximum absolute atomic E-state index is 13.2. The molecule has 1 aromatic rings. The summed E-state index contributed by atoms with van der Waals surface area (Å²) in [5.41, 5.74) is 1.05. The van der Waals surface area contributed by atoms with E-state index in [0.29, 0.717) is 12.3 Å². The van der Waals surface area contributed by atoms with E-state index >= 15 is 0 Å². The SMILES string of the molecule is C=CCCC(=O)N1CCC[C@H](CCc2cccc(F)c2)C1. The zero-order chi connectivity index (χ0) is 15.1. The van der Waals surface area contributed by atoms with Crippen molar-refractivity contribution in [2.45, 2.75) is 38.5 Å². The van der Waals surface area contributed by atoms with Gasteiger partial charge in [-0.2, -0.15) is 0 Å². The fourth-order valence-corrected chi connectivity index (χ4v) is 2.97. The lowest BCUT2D eigenvalue weighted by Crippen LogP contribution is -2.39. The fourth-order valence-electron chi connectivity index (χ4n) is 2.97. The molecule has 1 saturated heterocycles. The van der Waals surface area contributed by atoms with Crippen LogP contribution in [-0.2, 0) is 11.2 Å². The highest BCUT2D eigenvalue weighted by Crippen LogP contribution is 2.22. The number of likely N-dealkylation sites (tertiary alicyclic amines) is 1. The smallest absolute Gasteiger partial charge is 0.222 e. The van der Waals surface area contributed by atoms with Gasteiger partial charge in [0.1, 0.15) is 5.82 Å². The van der Waals surface area contributed by atoms with Crippen LogP contribution in [0.5, 0.6) is 0 Å². The molecule has 1 aliphatic heterocycles. The lowest BCUT2D eigenvalue weighted by atomic mass is 9.91. The highest BCUT2D eigenvalue weighted by Gasteiger charge is 2.22. The van der Waals surface area contributed by atoms with E-state index in [1.807, 2.05) is 11.0 Å². The summed E-state index contributed by atoms with van der Waals surface area (Å²) in [5, 5.41) is 0. The van der Waals surface area contributed by atoms with Crippen molar-refractivity contribution in [1.82, 2.24) is 4.90 Å². The molecule has 1 aromatic carbocycles. The number of aryl methyl sites for hydroxylation is 1. The third-order valence-corrected chi connectivity index (χ3v) is 4.16. The van der Waals surface area contributed by atoms with Crippen LogP contribution in [0.25, 0.3) is 0 Å². The third kappa shape index (κ3) is 5.00. The molecule has 1 atom stereocenters. The minimum atomic E-state index is -0.169. The summed E-state index contributed by atoms with van der Waals surface area (Å²) in [6.45, 7) is 5.40. The minimum Gasteiger partial charge on any atom is -0.342 e. The zero-order valence-corrected chi connectivity index (χ0v) is 12.6. The minimum absolute atomic E-state index is 0.169. The Morgan fingerprint density at radius 1 is 1.48 bits per heavy atom. The average molecular weight is 289 g/mol. The molecule has 1 aliphatic rings. The van der Waals surface area contributed by atoms with Crippen LogP contribution < -0.4 is 0 Å². The first-order chi connectivity index (χ1) is 10.2. The maximum atomic E-state index is 13.2. The number of nitrogens with zero attached hydrogens (tertiary/aromatic N) is 1. The Morgan fingerprint density at radius 2 is 2.33 bits per heavy atom. The molecule has 0 unspecified atom stereocenters. The van der Waals surface area contributed by atoms with E-state index in [1.54, 1.807) is 18.2 Å². The number of piperidine rings is 1. The second kappa shape index (κ2) is 7.96. The quantitative estimate of drug-likeness (QED) is 0.726. The number of amides is 1. The summed E-state index contributed by atoms with van der Waals surface area (Å²) in [6.07, 6.45) is 7.27. The first kappa shape index (κ1) is 15.7. The van der Waals surface area contributed by atoms with Gasteiger partial charge < -0.3 is 4.90 Å². The number of hydrogen-bond donors (Lipinski definition) is 0. The van der Waals surface area contributed by atoms with Gasteiger partial charge in [-0.05, 0) is 55.7 Å². The molecule has 2 rings (SSSR count). The van der Waals surface area contributed by atoms with Gasteiger partial charge in [0.2, 0.25) is 5.91 Å². The first-order valence-corrected chi connectivity index (χ1v) is 7.82. The monoisotopic (exact) mass is 289 g/mol. The largest absolute Gasteiger partial charge is 0.342 e. The van der Waals surface area contributed by atoms with Crippen molar-refractivity contribution >= 4 is 5.91 Å². The highest BCUT2D eigenvalue weighted by atomic mass is 19.1. The Balaban J connectivity index is 1.81. The number of allylic oxidation sites excluding steroid dienone is 1. The molecule has 0 bridgehead atoms. The van der Waals surface area contributed by atoms with Crippen LogP contribution in [0.2, 0.25) is 0 Å². The zero-order valence-electron chi connectivity index (χ0n) is 12.6. The van der Waals surface area contributed by atoms with E-state index in [-0.39, 0.29) is 11.7 Å². The fraction of sp³-hybridized carbons (Fsp3) is 0.500. The van der Waals surface area contributed by atoms with Crippen molar-refractivity contribution in [3.05, 3.63) is 48.3 Å². The average Bonchev–Trinajstić information content (AvgIpc) is 2.51. The van der Waals surface area contributed by atoms with Crippen LogP contribution in [0.3, 0.4) is 0 Å². The predicted octanol–water partition coefficient (Wildman–Crippen LogP) is 3.96. The van der Waals surface area contributed by atoms with Crippen molar-refractivity contribution in [2.24, 2.45) is 5.92 Å². The molecule has 0 aromatic heterocycles. The summed E-state index contributed by atoms with van der Waals surface area (Å²) >= 11 is 0. The second-order valence-electron chi connectivity index (χ2n) is 5.84. The van der Waals surface area contributed by atoms with E-state index in [2.05, 4.69) is 6.58 Å².